The highest BCUT2D eigenvalue weighted by atomic mass is 19.1. The molecule has 0 spiro atoms. The van der Waals surface area contributed by atoms with Crippen molar-refractivity contribution in [1.29, 1.82) is 0 Å². The standard InChI is InChI=1S/C12H18FN3/c1-4-7-16(9(2)3)12-11(13)10(8-14)5-6-15-12/h4-6,9H,1,7-8,14H2,2-3H3. The molecule has 3 nitrogen and oxygen atoms in total. The largest absolute Gasteiger partial charge is 0.348 e. The molecule has 0 aromatic carbocycles. The molecule has 0 amide bonds. The Kier molecular flexibility index (Phi) is 4.43. The first-order valence-corrected chi connectivity index (χ1v) is 5.32. The molecule has 0 unspecified atom stereocenters. The van der Waals surface area contributed by atoms with Crippen molar-refractivity contribution in [2.45, 2.75) is 26.4 Å². The Morgan fingerprint density at radius 2 is 2.31 bits per heavy atom. The van der Waals surface area contributed by atoms with Crippen LogP contribution in [0, 0.1) is 5.82 Å². The molecule has 0 aliphatic heterocycles. The van der Waals surface area contributed by atoms with E-state index in [1.807, 2.05) is 18.7 Å². The fraction of sp³-hybridized carbons (Fsp3) is 0.417. The van der Waals surface area contributed by atoms with Gasteiger partial charge in [-0.25, -0.2) is 9.37 Å². The summed E-state index contributed by atoms with van der Waals surface area (Å²) in [5, 5.41) is 0. The van der Waals surface area contributed by atoms with E-state index in [0.717, 1.165) is 0 Å². The molecular weight excluding hydrogens is 205 g/mol. The van der Waals surface area contributed by atoms with Gasteiger partial charge in [-0.1, -0.05) is 6.08 Å². The molecule has 0 fully saturated rings. The summed E-state index contributed by atoms with van der Waals surface area (Å²) in [7, 11) is 0. The average molecular weight is 223 g/mol. The summed E-state index contributed by atoms with van der Waals surface area (Å²) in [5.74, 6) is 0.0124. The number of anilines is 1. The van der Waals surface area contributed by atoms with E-state index in [-0.39, 0.29) is 18.4 Å². The fourth-order valence-corrected chi connectivity index (χ4v) is 1.51. The molecule has 1 rings (SSSR count). The number of halogens is 1. The van der Waals surface area contributed by atoms with Crippen LogP contribution < -0.4 is 10.6 Å². The Morgan fingerprint density at radius 3 is 2.81 bits per heavy atom. The molecule has 0 aliphatic carbocycles. The summed E-state index contributed by atoms with van der Waals surface area (Å²) < 4.78 is 14.0. The highest BCUT2D eigenvalue weighted by Gasteiger charge is 2.16. The summed E-state index contributed by atoms with van der Waals surface area (Å²) in [6, 6.07) is 1.76. The first kappa shape index (κ1) is 12.6. The van der Waals surface area contributed by atoms with E-state index in [2.05, 4.69) is 11.6 Å². The maximum absolute atomic E-state index is 14.0. The van der Waals surface area contributed by atoms with Crippen molar-refractivity contribution < 1.29 is 4.39 Å². The third-order valence-corrected chi connectivity index (χ3v) is 2.39. The number of nitrogens with zero attached hydrogens (tertiary/aromatic N) is 2. The molecule has 0 aliphatic rings. The van der Waals surface area contributed by atoms with Crippen LogP contribution in [0.2, 0.25) is 0 Å². The van der Waals surface area contributed by atoms with Gasteiger partial charge in [0.15, 0.2) is 11.6 Å². The first-order valence-electron chi connectivity index (χ1n) is 5.32. The lowest BCUT2D eigenvalue weighted by Crippen LogP contribution is -2.32. The van der Waals surface area contributed by atoms with Gasteiger partial charge in [0.1, 0.15) is 0 Å². The van der Waals surface area contributed by atoms with Gasteiger partial charge in [-0.15, -0.1) is 6.58 Å². The van der Waals surface area contributed by atoms with E-state index >= 15 is 0 Å². The molecule has 0 bridgehead atoms. The lowest BCUT2D eigenvalue weighted by atomic mass is 10.2. The van der Waals surface area contributed by atoms with Gasteiger partial charge < -0.3 is 10.6 Å². The molecule has 0 radical (unpaired) electrons. The van der Waals surface area contributed by atoms with E-state index in [1.54, 1.807) is 18.3 Å². The summed E-state index contributed by atoms with van der Waals surface area (Å²) in [4.78, 5) is 5.92. The van der Waals surface area contributed by atoms with E-state index in [4.69, 9.17) is 5.73 Å². The normalized spacial score (nSPS) is 10.6. The molecule has 88 valence electrons. The summed E-state index contributed by atoms with van der Waals surface area (Å²) >= 11 is 0. The third-order valence-electron chi connectivity index (χ3n) is 2.39. The number of hydrogen-bond acceptors (Lipinski definition) is 3. The summed E-state index contributed by atoms with van der Waals surface area (Å²) in [6.45, 7) is 8.38. The number of hydrogen-bond donors (Lipinski definition) is 1. The quantitative estimate of drug-likeness (QED) is 0.777. The second-order valence-corrected chi connectivity index (χ2v) is 3.85. The zero-order valence-electron chi connectivity index (χ0n) is 9.78. The average Bonchev–Trinajstić information content (AvgIpc) is 2.26. The predicted molar refractivity (Wildman–Crippen MR) is 64.8 cm³/mol. The van der Waals surface area contributed by atoms with E-state index in [1.165, 1.54) is 0 Å². The maximum Gasteiger partial charge on any atom is 0.170 e. The van der Waals surface area contributed by atoms with Crippen molar-refractivity contribution in [3.8, 4) is 0 Å². The summed E-state index contributed by atoms with van der Waals surface area (Å²) in [6.07, 6.45) is 3.31. The minimum Gasteiger partial charge on any atom is -0.348 e. The van der Waals surface area contributed by atoms with Crippen LogP contribution in [0.15, 0.2) is 24.9 Å². The van der Waals surface area contributed by atoms with Crippen molar-refractivity contribution in [1.82, 2.24) is 4.98 Å². The van der Waals surface area contributed by atoms with Crippen molar-refractivity contribution >= 4 is 5.82 Å². The zero-order valence-corrected chi connectivity index (χ0v) is 9.78. The monoisotopic (exact) mass is 223 g/mol. The number of pyridine rings is 1. The van der Waals surface area contributed by atoms with E-state index in [9.17, 15) is 4.39 Å². The molecule has 0 saturated heterocycles. The van der Waals surface area contributed by atoms with E-state index < -0.39 is 0 Å². The second kappa shape index (κ2) is 5.61. The number of aromatic nitrogens is 1. The topological polar surface area (TPSA) is 42.2 Å². The lowest BCUT2D eigenvalue weighted by molar-refractivity contribution is 0.585. The van der Waals surface area contributed by atoms with Crippen LogP contribution in [0.3, 0.4) is 0 Å². The second-order valence-electron chi connectivity index (χ2n) is 3.85. The van der Waals surface area contributed by atoms with Crippen LogP contribution in [0.4, 0.5) is 10.2 Å². The van der Waals surface area contributed by atoms with Gasteiger partial charge in [-0.2, -0.15) is 0 Å². The van der Waals surface area contributed by atoms with Crippen LogP contribution in [0.5, 0.6) is 0 Å². The molecule has 4 heteroatoms. The van der Waals surface area contributed by atoms with Crippen LogP contribution in [-0.4, -0.2) is 17.6 Å². The Hall–Kier alpha value is -1.42. The van der Waals surface area contributed by atoms with Crippen LogP contribution >= 0.6 is 0 Å². The van der Waals surface area contributed by atoms with E-state index in [0.29, 0.717) is 17.9 Å². The molecule has 1 aromatic heterocycles. The molecule has 0 saturated carbocycles. The highest BCUT2D eigenvalue weighted by Crippen LogP contribution is 2.20. The van der Waals surface area contributed by atoms with Gasteiger partial charge in [-0.05, 0) is 19.9 Å². The number of rotatable bonds is 5. The van der Waals surface area contributed by atoms with Gasteiger partial charge in [0.05, 0.1) is 0 Å². The third kappa shape index (κ3) is 2.58. The van der Waals surface area contributed by atoms with Gasteiger partial charge in [0.25, 0.3) is 0 Å². The minimum absolute atomic E-state index is 0.160. The minimum atomic E-state index is -0.333. The Morgan fingerprint density at radius 1 is 1.62 bits per heavy atom. The van der Waals surface area contributed by atoms with Crippen LogP contribution in [-0.2, 0) is 6.54 Å². The van der Waals surface area contributed by atoms with Crippen molar-refractivity contribution in [2.24, 2.45) is 5.73 Å². The highest BCUT2D eigenvalue weighted by molar-refractivity contribution is 5.44. The Labute approximate surface area is 95.8 Å². The summed E-state index contributed by atoms with van der Waals surface area (Å²) in [5.41, 5.74) is 5.95. The molecule has 1 aromatic rings. The molecular formula is C12H18FN3. The Bertz CT molecular complexity index is 363. The number of nitrogens with two attached hydrogens (primary N) is 1. The maximum atomic E-state index is 14.0. The van der Waals surface area contributed by atoms with Crippen molar-refractivity contribution in [3.05, 3.63) is 36.3 Å². The lowest BCUT2D eigenvalue weighted by Gasteiger charge is -2.27. The fourth-order valence-electron chi connectivity index (χ4n) is 1.51. The van der Waals surface area contributed by atoms with Gasteiger partial charge >= 0.3 is 0 Å². The van der Waals surface area contributed by atoms with Gasteiger partial charge in [0.2, 0.25) is 0 Å². The van der Waals surface area contributed by atoms with Crippen LogP contribution in [0.1, 0.15) is 19.4 Å². The van der Waals surface area contributed by atoms with Crippen LogP contribution in [0.25, 0.3) is 0 Å². The van der Waals surface area contributed by atoms with Crippen molar-refractivity contribution in [3.63, 3.8) is 0 Å². The SMILES string of the molecule is C=CCN(c1nccc(CN)c1F)C(C)C. The Balaban J connectivity index is 3.13. The smallest absolute Gasteiger partial charge is 0.170 e. The molecule has 16 heavy (non-hydrogen) atoms. The van der Waals surface area contributed by atoms with Crippen molar-refractivity contribution in [2.75, 3.05) is 11.4 Å². The predicted octanol–water partition coefficient (Wildman–Crippen LogP) is 2.08. The molecule has 1 heterocycles. The molecule has 0 atom stereocenters. The first-order chi connectivity index (χ1) is 7.61. The zero-order chi connectivity index (χ0) is 12.1. The van der Waals surface area contributed by atoms with Gasteiger partial charge in [0, 0.05) is 30.9 Å². The molecule has 2 N–H and O–H groups in total. The van der Waals surface area contributed by atoms with Gasteiger partial charge in [-0.3, -0.25) is 0 Å².